The molecule has 0 heterocycles. The van der Waals surface area contributed by atoms with Crippen LogP contribution in [-0.2, 0) is 4.79 Å². The molecule has 0 aliphatic carbocycles. The van der Waals surface area contributed by atoms with Crippen LogP contribution in [0.15, 0.2) is 48.0 Å². The van der Waals surface area contributed by atoms with Crippen LogP contribution in [0.5, 0.6) is 0 Å². The number of benzene rings is 2. The summed E-state index contributed by atoms with van der Waals surface area (Å²) in [6.07, 6.45) is 1.25. The Bertz CT molecular complexity index is 768. The summed E-state index contributed by atoms with van der Waals surface area (Å²) in [5, 5.41) is 11.9. The van der Waals surface area contributed by atoms with Crippen LogP contribution in [-0.4, -0.2) is 5.91 Å². The molecule has 1 N–H and O–H groups in total. The van der Waals surface area contributed by atoms with Gasteiger partial charge in [-0.05, 0) is 37.1 Å². The molecule has 110 valence electrons. The zero-order valence-electron chi connectivity index (χ0n) is 12.4. The third kappa shape index (κ3) is 3.39. The van der Waals surface area contributed by atoms with E-state index in [0.29, 0.717) is 5.69 Å². The Balaban J connectivity index is 2.31. The Morgan fingerprint density at radius 1 is 1.14 bits per heavy atom. The largest absolute Gasteiger partial charge is 0.321 e. The highest BCUT2D eigenvalue weighted by Crippen LogP contribution is 2.20. The predicted octanol–water partition coefficient (Wildman–Crippen LogP) is 3.99. The molecule has 4 heteroatoms. The minimum atomic E-state index is -0.553. The maximum Gasteiger partial charge on any atom is 0.266 e. The van der Waals surface area contributed by atoms with E-state index >= 15 is 0 Å². The Hall–Kier alpha value is -2.93. The first-order valence-electron chi connectivity index (χ1n) is 6.77. The fourth-order valence-electron chi connectivity index (χ4n) is 2.09. The lowest BCUT2D eigenvalue weighted by Gasteiger charge is -2.10. The number of halogens is 1. The molecule has 0 saturated carbocycles. The fourth-order valence-corrected chi connectivity index (χ4v) is 2.09. The zero-order chi connectivity index (χ0) is 16.1. The maximum atomic E-state index is 13.6. The van der Waals surface area contributed by atoms with Gasteiger partial charge < -0.3 is 5.32 Å². The zero-order valence-corrected chi connectivity index (χ0v) is 12.4. The molecule has 0 fully saturated rings. The Morgan fingerprint density at radius 2 is 1.77 bits per heavy atom. The highest BCUT2D eigenvalue weighted by Gasteiger charge is 2.13. The highest BCUT2D eigenvalue weighted by atomic mass is 19.1. The van der Waals surface area contributed by atoms with Gasteiger partial charge in [0.15, 0.2) is 0 Å². The number of amides is 1. The van der Waals surface area contributed by atoms with Gasteiger partial charge in [-0.3, -0.25) is 4.79 Å². The van der Waals surface area contributed by atoms with Gasteiger partial charge in [0.05, 0.1) is 0 Å². The minimum absolute atomic E-state index is 0.146. The van der Waals surface area contributed by atoms with Gasteiger partial charge in [-0.1, -0.05) is 36.4 Å². The number of nitriles is 1. The van der Waals surface area contributed by atoms with Gasteiger partial charge in [-0.2, -0.15) is 5.26 Å². The van der Waals surface area contributed by atoms with E-state index in [9.17, 15) is 9.18 Å². The second kappa shape index (κ2) is 6.68. The number of aryl methyl sites for hydroxylation is 2. The second-order valence-corrected chi connectivity index (χ2v) is 4.91. The SMILES string of the molecule is Cc1cccc(C)c1NC(=O)/C(C#N)=C/c1ccccc1F. The number of carbonyl (C=O) groups excluding carboxylic acids is 1. The van der Waals surface area contributed by atoms with Crippen LogP contribution in [0.2, 0.25) is 0 Å². The quantitative estimate of drug-likeness (QED) is 0.687. The summed E-state index contributed by atoms with van der Waals surface area (Å²) in [5.41, 5.74) is 2.53. The number of rotatable bonds is 3. The number of nitrogens with zero attached hydrogens (tertiary/aromatic N) is 1. The van der Waals surface area contributed by atoms with Crippen LogP contribution in [0.25, 0.3) is 6.08 Å². The first kappa shape index (κ1) is 15.5. The lowest BCUT2D eigenvalue weighted by molar-refractivity contribution is -0.112. The Labute approximate surface area is 128 Å². The molecule has 0 aliphatic rings. The summed E-state index contributed by atoms with van der Waals surface area (Å²) in [4.78, 5) is 12.2. The number of hydrogen-bond acceptors (Lipinski definition) is 2. The maximum absolute atomic E-state index is 13.6. The summed E-state index contributed by atoms with van der Waals surface area (Å²) >= 11 is 0. The summed E-state index contributed by atoms with van der Waals surface area (Å²) in [7, 11) is 0. The van der Waals surface area contributed by atoms with Crippen LogP contribution in [0.3, 0.4) is 0 Å². The van der Waals surface area contributed by atoms with Crippen LogP contribution >= 0.6 is 0 Å². The third-order valence-electron chi connectivity index (χ3n) is 3.29. The first-order chi connectivity index (χ1) is 10.5. The van der Waals surface area contributed by atoms with E-state index in [-0.39, 0.29) is 11.1 Å². The van der Waals surface area contributed by atoms with E-state index in [1.165, 1.54) is 18.2 Å². The van der Waals surface area contributed by atoms with E-state index in [2.05, 4.69) is 5.32 Å². The number of carbonyl (C=O) groups is 1. The molecule has 0 radical (unpaired) electrons. The minimum Gasteiger partial charge on any atom is -0.321 e. The number of nitrogens with one attached hydrogen (secondary N) is 1. The molecule has 0 saturated heterocycles. The smallest absolute Gasteiger partial charge is 0.266 e. The van der Waals surface area contributed by atoms with Crippen molar-refractivity contribution in [3.63, 3.8) is 0 Å². The van der Waals surface area contributed by atoms with Crippen molar-refractivity contribution in [1.29, 1.82) is 5.26 Å². The second-order valence-electron chi connectivity index (χ2n) is 4.91. The van der Waals surface area contributed by atoms with Gasteiger partial charge in [0.25, 0.3) is 5.91 Å². The van der Waals surface area contributed by atoms with Crippen LogP contribution in [0, 0.1) is 31.0 Å². The molecule has 22 heavy (non-hydrogen) atoms. The first-order valence-corrected chi connectivity index (χ1v) is 6.77. The molecular formula is C18H15FN2O. The third-order valence-corrected chi connectivity index (χ3v) is 3.29. The van der Waals surface area contributed by atoms with Crippen molar-refractivity contribution in [3.05, 3.63) is 70.5 Å². The van der Waals surface area contributed by atoms with E-state index in [1.54, 1.807) is 12.1 Å². The molecule has 2 aromatic carbocycles. The molecule has 0 spiro atoms. The van der Waals surface area contributed by atoms with Crippen molar-refractivity contribution in [2.45, 2.75) is 13.8 Å². The van der Waals surface area contributed by atoms with E-state index in [4.69, 9.17) is 5.26 Å². The van der Waals surface area contributed by atoms with Crippen molar-refractivity contribution in [1.82, 2.24) is 0 Å². The van der Waals surface area contributed by atoms with E-state index in [0.717, 1.165) is 11.1 Å². The van der Waals surface area contributed by atoms with Crippen LogP contribution in [0.4, 0.5) is 10.1 Å². The summed E-state index contributed by atoms with van der Waals surface area (Å²) in [6.45, 7) is 3.74. The Morgan fingerprint density at radius 3 is 2.36 bits per heavy atom. The molecule has 2 aromatic rings. The normalized spacial score (nSPS) is 10.9. The number of hydrogen-bond donors (Lipinski definition) is 1. The van der Waals surface area contributed by atoms with Crippen molar-refractivity contribution in [3.8, 4) is 6.07 Å². The van der Waals surface area contributed by atoms with E-state index < -0.39 is 11.7 Å². The van der Waals surface area contributed by atoms with Crippen molar-refractivity contribution < 1.29 is 9.18 Å². The topological polar surface area (TPSA) is 52.9 Å². The molecule has 0 unspecified atom stereocenters. The molecule has 0 atom stereocenters. The lowest BCUT2D eigenvalue weighted by Crippen LogP contribution is -2.15. The van der Waals surface area contributed by atoms with Crippen molar-refractivity contribution in [2.75, 3.05) is 5.32 Å². The van der Waals surface area contributed by atoms with Gasteiger partial charge in [-0.25, -0.2) is 4.39 Å². The fraction of sp³-hybridized carbons (Fsp3) is 0.111. The van der Waals surface area contributed by atoms with Gasteiger partial charge in [0.2, 0.25) is 0 Å². The van der Waals surface area contributed by atoms with Crippen molar-refractivity contribution >= 4 is 17.7 Å². The highest BCUT2D eigenvalue weighted by molar-refractivity contribution is 6.10. The lowest BCUT2D eigenvalue weighted by atomic mass is 10.1. The summed E-state index contributed by atoms with van der Waals surface area (Å²) in [5.74, 6) is -1.03. The van der Waals surface area contributed by atoms with Gasteiger partial charge in [0.1, 0.15) is 17.5 Å². The van der Waals surface area contributed by atoms with Gasteiger partial charge >= 0.3 is 0 Å². The molecule has 0 bridgehead atoms. The number of para-hydroxylation sites is 1. The average molecular weight is 294 g/mol. The monoisotopic (exact) mass is 294 g/mol. The molecule has 2 rings (SSSR count). The van der Waals surface area contributed by atoms with Gasteiger partial charge in [-0.15, -0.1) is 0 Å². The molecule has 3 nitrogen and oxygen atoms in total. The molecule has 0 aliphatic heterocycles. The van der Waals surface area contributed by atoms with Crippen LogP contribution < -0.4 is 5.32 Å². The van der Waals surface area contributed by atoms with Gasteiger partial charge in [0, 0.05) is 11.3 Å². The molecular weight excluding hydrogens is 279 g/mol. The van der Waals surface area contributed by atoms with Crippen molar-refractivity contribution in [2.24, 2.45) is 0 Å². The summed E-state index contributed by atoms with van der Waals surface area (Å²) in [6, 6.07) is 13.4. The molecule has 1 amide bonds. The predicted molar refractivity (Wildman–Crippen MR) is 84.5 cm³/mol. The molecule has 0 aromatic heterocycles. The number of anilines is 1. The summed E-state index contributed by atoms with van der Waals surface area (Å²) < 4.78 is 13.6. The van der Waals surface area contributed by atoms with Crippen LogP contribution in [0.1, 0.15) is 16.7 Å². The average Bonchev–Trinajstić information content (AvgIpc) is 2.50. The Kier molecular flexibility index (Phi) is 4.70. The van der Waals surface area contributed by atoms with E-state index in [1.807, 2.05) is 38.1 Å². The standard InChI is InChI=1S/C18H15FN2O/c1-12-6-5-7-13(2)17(12)21-18(22)15(11-20)10-14-8-3-4-9-16(14)19/h3-10H,1-2H3,(H,21,22)/b15-10+.